The molecule has 0 aromatic heterocycles. The van der Waals surface area contributed by atoms with Crippen molar-refractivity contribution in [1.29, 1.82) is 0 Å². The van der Waals surface area contributed by atoms with Gasteiger partial charge in [-0.1, -0.05) is 32.9 Å². The average molecular weight is 490 g/mol. The Labute approximate surface area is 181 Å². The van der Waals surface area contributed by atoms with Crippen molar-refractivity contribution >= 4 is 35.8 Å². The Morgan fingerprint density at radius 2 is 1.70 bits per heavy atom. The third kappa shape index (κ3) is 11.0. The van der Waals surface area contributed by atoms with Crippen LogP contribution in [-0.2, 0) is 11.2 Å². The number of amides is 1. The maximum absolute atomic E-state index is 11.8. The molecule has 154 valence electrons. The topological polar surface area (TPSA) is 66.0 Å². The maximum Gasteiger partial charge on any atom is 0.243 e. The fraction of sp³-hybridized carbons (Fsp3) is 0.600. The summed E-state index contributed by atoms with van der Waals surface area (Å²) in [6.07, 6.45) is 0.963. The molecule has 0 radical (unpaired) electrons. The Balaban J connectivity index is 0.00000676. The van der Waals surface area contributed by atoms with E-state index in [0.29, 0.717) is 17.8 Å². The minimum absolute atomic E-state index is 0. The second-order valence-electron chi connectivity index (χ2n) is 7.27. The van der Waals surface area contributed by atoms with Crippen LogP contribution in [0.5, 0.6) is 5.75 Å². The summed E-state index contributed by atoms with van der Waals surface area (Å²) in [5.74, 6) is 2.48. The predicted molar refractivity (Wildman–Crippen MR) is 123 cm³/mol. The molecule has 1 aromatic rings. The van der Waals surface area contributed by atoms with Gasteiger partial charge in [-0.2, -0.15) is 0 Å². The number of aliphatic imine (C=N–C) groups is 1. The first-order valence-electron chi connectivity index (χ1n) is 9.17. The Bertz CT molecular complexity index is 574. The normalized spacial score (nSPS) is 12.2. The first-order valence-corrected chi connectivity index (χ1v) is 9.17. The number of benzene rings is 1. The molecule has 1 unspecified atom stereocenters. The van der Waals surface area contributed by atoms with Crippen LogP contribution in [-0.4, -0.2) is 57.6 Å². The molecule has 7 heteroatoms. The van der Waals surface area contributed by atoms with Crippen molar-refractivity contribution in [3.05, 3.63) is 29.8 Å². The van der Waals surface area contributed by atoms with Crippen molar-refractivity contribution < 1.29 is 9.53 Å². The minimum atomic E-state index is -0.0121. The van der Waals surface area contributed by atoms with E-state index in [9.17, 15) is 4.79 Å². The van der Waals surface area contributed by atoms with Crippen LogP contribution in [0.1, 0.15) is 26.3 Å². The zero-order chi connectivity index (χ0) is 19.5. The van der Waals surface area contributed by atoms with E-state index in [2.05, 4.69) is 48.5 Å². The summed E-state index contributed by atoms with van der Waals surface area (Å²) in [7, 11) is 5.15. The van der Waals surface area contributed by atoms with E-state index >= 15 is 0 Å². The number of halogens is 1. The molecule has 0 aliphatic carbocycles. The van der Waals surface area contributed by atoms with Gasteiger partial charge in [0.25, 0.3) is 0 Å². The molecule has 0 aliphatic rings. The molecule has 0 saturated heterocycles. The van der Waals surface area contributed by atoms with E-state index in [-0.39, 0.29) is 36.4 Å². The van der Waals surface area contributed by atoms with Crippen molar-refractivity contribution in [3.63, 3.8) is 0 Å². The summed E-state index contributed by atoms with van der Waals surface area (Å²) >= 11 is 0. The van der Waals surface area contributed by atoms with Crippen LogP contribution in [0.25, 0.3) is 0 Å². The SMILES string of the molecule is COc1ccc(CC(C)CNC(=NCC(=O)N(C)C)NCC(C)C)cc1.I. The largest absolute Gasteiger partial charge is 0.497 e. The van der Waals surface area contributed by atoms with Gasteiger partial charge in [-0.3, -0.25) is 4.79 Å². The fourth-order valence-electron chi connectivity index (χ4n) is 2.27. The summed E-state index contributed by atoms with van der Waals surface area (Å²) in [5.41, 5.74) is 1.27. The molecule has 2 N–H and O–H groups in total. The molecule has 0 bridgehead atoms. The van der Waals surface area contributed by atoms with Gasteiger partial charge in [0, 0.05) is 27.2 Å². The lowest BCUT2D eigenvalue weighted by molar-refractivity contribution is -0.127. The third-order valence-electron chi connectivity index (χ3n) is 3.91. The first-order chi connectivity index (χ1) is 12.3. The molecule has 6 nitrogen and oxygen atoms in total. The zero-order valence-electron chi connectivity index (χ0n) is 17.4. The highest BCUT2D eigenvalue weighted by Crippen LogP contribution is 2.14. The molecule has 27 heavy (non-hydrogen) atoms. The van der Waals surface area contributed by atoms with Crippen LogP contribution in [0, 0.1) is 11.8 Å². The van der Waals surface area contributed by atoms with Gasteiger partial charge < -0.3 is 20.3 Å². The summed E-state index contributed by atoms with van der Waals surface area (Å²) in [6.45, 7) is 8.22. The number of rotatable bonds is 9. The molecule has 0 spiro atoms. The van der Waals surface area contributed by atoms with Gasteiger partial charge in [-0.25, -0.2) is 4.99 Å². The van der Waals surface area contributed by atoms with E-state index in [1.54, 1.807) is 26.1 Å². The Morgan fingerprint density at radius 1 is 1.11 bits per heavy atom. The van der Waals surface area contributed by atoms with E-state index in [0.717, 1.165) is 25.3 Å². The molecule has 1 atom stereocenters. The van der Waals surface area contributed by atoms with E-state index < -0.39 is 0 Å². The van der Waals surface area contributed by atoms with Crippen LogP contribution < -0.4 is 15.4 Å². The maximum atomic E-state index is 11.8. The van der Waals surface area contributed by atoms with Crippen LogP contribution in [0.2, 0.25) is 0 Å². The van der Waals surface area contributed by atoms with Gasteiger partial charge in [0.1, 0.15) is 12.3 Å². The van der Waals surface area contributed by atoms with Crippen molar-refractivity contribution in [2.75, 3.05) is 40.8 Å². The molecule has 1 rings (SSSR count). The van der Waals surface area contributed by atoms with Crippen LogP contribution >= 0.6 is 24.0 Å². The lowest BCUT2D eigenvalue weighted by atomic mass is 10.0. The lowest BCUT2D eigenvalue weighted by Gasteiger charge is -2.18. The molecular formula is C20H35IN4O2. The Morgan fingerprint density at radius 3 is 2.22 bits per heavy atom. The summed E-state index contributed by atoms with van der Waals surface area (Å²) < 4.78 is 5.19. The minimum Gasteiger partial charge on any atom is -0.497 e. The highest BCUT2D eigenvalue weighted by atomic mass is 127. The van der Waals surface area contributed by atoms with Gasteiger partial charge in [-0.15, -0.1) is 24.0 Å². The number of hydrogen-bond donors (Lipinski definition) is 2. The van der Waals surface area contributed by atoms with Crippen molar-refractivity contribution in [3.8, 4) is 5.75 Å². The lowest BCUT2D eigenvalue weighted by Crippen LogP contribution is -2.42. The quantitative estimate of drug-likeness (QED) is 0.318. The molecule has 1 aromatic carbocycles. The van der Waals surface area contributed by atoms with Crippen LogP contribution in [0.15, 0.2) is 29.3 Å². The number of nitrogens with one attached hydrogen (secondary N) is 2. The average Bonchev–Trinajstić information content (AvgIpc) is 2.61. The number of carbonyl (C=O) groups is 1. The number of guanidine groups is 1. The third-order valence-corrected chi connectivity index (χ3v) is 3.91. The van der Waals surface area contributed by atoms with Crippen LogP contribution in [0.4, 0.5) is 0 Å². The molecular weight excluding hydrogens is 455 g/mol. The van der Waals surface area contributed by atoms with Gasteiger partial charge >= 0.3 is 0 Å². The molecule has 0 saturated carbocycles. The van der Waals surface area contributed by atoms with E-state index in [1.807, 2.05) is 12.1 Å². The fourth-order valence-corrected chi connectivity index (χ4v) is 2.27. The predicted octanol–water partition coefficient (Wildman–Crippen LogP) is 2.77. The van der Waals surface area contributed by atoms with Crippen molar-refractivity contribution in [2.24, 2.45) is 16.8 Å². The second-order valence-corrected chi connectivity index (χ2v) is 7.27. The number of hydrogen-bond acceptors (Lipinski definition) is 3. The number of nitrogens with zero attached hydrogens (tertiary/aromatic N) is 2. The highest BCUT2D eigenvalue weighted by Gasteiger charge is 2.08. The summed E-state index contributed by atoms with van der Waals surface area (Å²) in [5, 5.41) is 6.65. The smallest absolute Gasteiger partial charge is 0.243 e. The highest BCUT2D eigenvalue weighted by molar-refractivity contribution is 14.0. The number of carbonyl (C=O) groups excluding carboxylic acids is 1. The molecule has 1 amide bonds. The first kappa shape index (κ1) is 25.5. The van der Waals surface area contributed by atoms with Gasteiger partial charge in [0.05, 0.1) is 7.11 Å². The monoisotopic (exact) mass is 490 g/mol. The molecule has 0 aliphatic heterocycles. The molecule has 0 heterocycles. The summed E-state index contributed by atoms with van der Waals surface area (Å²) in [4.78, 5) is 17.7. The standard InChI is InChI=1S/C20H34N4O2.HI/c1-15(2)12-21-20(23-14-19(25)24(4)5)22-13-16(3)11-17-7-9-18(26-6)10-8-17;/h7-10,15-16H,11-14H2,1-6H3,(H2,21,22,23);1H. The van der Waals surface area contributed by atoms with Gasteiger partial charge in [0.15, 0.2) is 5.96 Å². The Hall–Kier alpha value is -1.51. The number of methoxy groups -OCH3 is 1. The van der Waals surface area contributed by atoms with Crippen molar-refractivity contribution in [1.82, 2.24) is 15.5 Å². The number of likely N-dealkylation sites (N-methyl/N-ethyl adjacent to an activating group) is 1. The number of ether oxygens (including phenoxy) is 1. The molecule has 0 fully saturated rings. The van der Waals surface area contributed by atoms with Crippen molar-refractivity contribution in [2.45, 2.75) is 27.2 Å². The summed E-state index contributed by atoms with van der Waals surface area (Å²) in [6, 6.07) is 8.16. The van der Waals surface area contributed by atoms with Gasteiger partial charge in [-0.05, 0) is 36.0 Å². The Kier molecular flexibility index (Phi) is 12.9. The second kappa shape index (κ2) is 13.6. The van der Waals surface area contributed by atoms with E-state index in [4.69, 9.17) is 4.74 Å². The zero-order valence-corrected chi connectivity index (χ0v) is 19.7. The van der Waals surface area contributed by atoms with Gasteiger partial charge in [0.2, 0.25) is 5.91 Å². The van der Waals surface area contributed by atoms with E-state index in [1.165, 1.54) is 5.56 Å². The van der Waals surface area contributed by atoms with Crippen LogP contribution in [0.3, 0.4) is 0 Å².